The van der Waals surface area contributed by atoms with Crippen LogP contribution in [0.5, 0.6) is 0 Å². The number of hydrogen-bond acceptors (Lipinski definition) is 4. The summed E-state index contributed by atoms with van der Waals surface area (Å²) in [6.45, 7) is 66.0. The zero-order chi connectivity index (χ0) is 84.0. The van der Waals surface area contributed by atoms with E-state index in [0.717, 1.165) is 0 Å². The highest BCUT2D eigenvalue weighted by molar-refractivity contribution is 9.10. The molecule has 0 unspecified atom stereocenters. The molecule has 12 aromatic carbocycles. The Morgan fingerprint density at radius 3 is 0.381 bits per heavy atom. The minimum atomic E-state index is -0.0591. The summed E-state index contributed by atoms with van der Waals surface area (Å²) >= 11 is 7.68. The van der Waals surface area contributed by atoms with E-state index < -0.39 is 0 Å². The molecule has 12 heterocycles. The van der Waals surface area contributed by atoms with Gasteiger partial charge in [0.25, 0.3) is 0 Å². The topological polar surface area (TPSA) is 13.0 Å². The smallest absolute Gasteiger partial charge is 0.0544 e. The van der Waals surface area contributed by atoms with Gasteiger partial charge in [-0.15, -0.1) is 0 Å². The summed E-state index contributed by atoms with van der Waals surface area (Å²) in [7, 11) is 0. The second-order valence-corrected chi connectivity index (χ2v) is 44.4. The molecule has 4 nitrogen and oxygen atoms in total. The van der Waals surface area contributed by atoms with Crippen LogP contribution in [-0.2, 0) is 65.0 Å². The Balaban J connectivity index is 0.000000100. The molecule has 0 radical (unpaired) electrons. The maximum absolute atomic E-state index is 3.85. The van der Waals surface area contributed by atoms with Gasteiger partial charge in [-0.2, -0.15) is 0 Å². The van der Waals surface area contributed by atoms with Crippen LogP contribution in [0.15, 0.2) is 203 Å². The molecular formula is C112H116Br2N4. The first-order valence-electron chi connectivity index (χ1n) is 43.6. The van der Waals surface area contributed by atoms with E-state index in [1.807, 2.05) is 13.8 Å². The summed E-state index contributed by atoms with van der Waals surface area (Å²) in [5.41, 5.74) is 54.0. The highest BCUT2D eigenvalue weighted by Gasteiger charge is 2.58. The Labute approximate surface area is 720 Å². The SMILES string of the molecule is CC.CC1(C)c2cccc3c2N2c4c1cccc4C(C)(C)c1cc(Br)cc(c12)C3(C)C.CC1(C)c2cccc3c2N2c4c1cccc4C(C)(C)c1cccc(c12)C3(C)C.Cc1cc2c3c(c1)C(C)(C)c1cc(Br)cc4c1N3c1c(cccc1C4(C)C)C2(C)C.Cc1cc2c3c(c1)C(C)(C)c1cccc4c1N3c1c(cccc1C2(C)C)C4(C)C. The fourth-order valence-corrected chi connectivity index (χ4v) is 25.9. The van der Waals surface area contributed by atoms with Gasteiger partial charge in [0.1, 0.15) is 0 Å². The van der Waals surface area contributed by atoms with Crippen LogP contribution in [0.25, 0.3) is 0 Å². The lowest BCUT2D eigenvalue weighted by atomic mass is 9.60. The summed E-state index contributed by atoms with van der Waals surface area (Å²) < 4.78 is 2.34. The first kappa shape index (κ1) is 77.4. The van der Waals surface area contributed by atoms with Crippen LogP contribution >= 0.6 is 31.9 Å². The maximum atomic E-state index is 3.85. The summed E-state index contributed by atoms with van der Waals surface area (Å²) in [5.74, 6) is 0. The molecule has 118 heavy (non-hydrogen) atoms. The number of benzene rings is 12. The number of nitrogens with zero attached hydrogens (tertiary/aromatic N) is 4. The fraction of sp³-hybridized carbons (Fsp3) is 0.357. The molecule has 0 atom stereocenters. The molecule has 598 valence electrons. The Hall–Kier alpha value is -9.20. The van der Waals surface area contributed by atoms with Gasteiger partial charge < -0.3 is 19.6 Å². The van der Waals surface area contributed by atoms with E-state index in [1.54, 1.807) is 0 Å². The van der Waals surface area contributed by atoms with Crippen molar-refractivity contribution in [2.75, 3.05) is 19.6 Å². The van der Waals surface area contributed by atoms with Crippen LogP contribution in [0, 0.1) is 13.8 Å². The lowest BCUT2D eigenvalue weighted by Crippen LogP contribution is -2.43. The van der Waals surface area contributed by atoms with Crippen LogP contribution < -0.4 is 19.6 Å². The van der Waals surface area contributed by atoms with Crippen molar-refractivity contribution >= 4 is 100 Å². The number of halogens is 2. The van der Waals surface area contributed by atoms with Gasteiger partial charge in [-0.3, -0.25) is 0 Å². The fourth-order valence-electron chi connectivity index (χ4n) is 25.0. The standard InChI is InChI=1S/C28H28BrN.C28H29N.C27H26BrN.C27H27N.C2H6/c1-15-11-19-24-20(12-15)28(6,7)22-14-16(29)13-21-25(22)30(24)23-17(26(19,2)3)9-8-10-18(23)27(21,4)5;1-16-14-21-25-22(15-16)28(6,7)20-13-9-11-18-24(20)29(25)23-17(26(18,2)3)10-8-12-19(23)27(21,4)5;1-25(2)16-9-7-11-18-22(16)29-23-17(25)10-8-12-19(23)27(5,6)21-14-15(28)13-20(24(21)29)26(18,3)4;1-25(2)16-10-7-12-18-22(16)28-23-17(25)11-8-13-19(23)27(5,6)21-15-9-14-20(24(21)28)26(18,3)4;1-2/h8-14H,1-7H3;8-15H,1-7H3;7-14H,1-6H3;7-15H,1-6H3;1-2H3. The van der Waals surface area contributed by atoms with Gasteiger partial charge in [-0.25, -0.2) is 0 Å². The molecule has 0 aromatic heterocycles. The quantitative estimate of drug-likeness (QED) is 0.150. The van der Waals surface area contributed by atoms with E-state index >= 15 is 0 Å². The summed E-state index contributed by atoms with van der Waals surface area (Å²) in [4.78, 5) is 10.5. The third-order valence-electron chi connectivity index (χ3n) is 31.8. The first-order valence-corrected chi connectivity index (χ1v) is 45.2. The Morgan fingerprint density at radius 2 is 0.254 bits per heavy atom. The monoisotopic (exact) mass is 1670 g/mol. The summed E-state index contributed by atoms with van der Waals surface area (Å²) in [6, 6.07) is 74.7. The minimum absolute atomic E-state index is 0.0108. The molecule has 0 spiro atoms. The summed E-state index contributed by atoms with van der Waals surface area (Å²) in [5, 5.41) is 0. The molecule has 0 saturated heterocycles. The Morgan fingerprint density at radius 1 is 0.161 bits per heavy atom. The Kier molecular flexibility index (Phi) is 15.7. The van der Waals surface area contributed by atoms with Gasteiger partial charge in [-0.05, 0) is 172 Å². The zero-order valence-electron chi connectivity index (χ0n) is 75.0. The average molecular weight is 1680 g/mol. The number of rotatable bonds is 0. The Bertz CT molecular complexity index is 5850. The molecule has 24 rings (SSSR count). The lowest BCUT2D eigenvalue weighted by Gasteiger charge is -2.55. The van der Waals surface area contributed by atoms with Gasteiger partial charge >= 0.3 is 0 Å². The van der Waals surface area contributed by atoms with Gasteiger partial charge in [0.2, 0.25) is 0 Å². The van der Waals surface area contributed by atoms with Crippen molar-refractivity contribution in [1.82, 2.24) is 0 Å². The van der Waals surface area contributed by atoms with Crippen molar-refractivity contribution in [1.29, 1.82) is 0 Å². The van der Waals surface area contributed by atoms with E-state index in [2.05, 4.69) is 426 Å². The van der Waals surface area contributed by atoms with Crippen LogP contribution in [0.4, 0.5) is 68.2 Å². The number of hydrogen-bond donors (Lipinski definition) is 0. The van der Waals surface area contributed by atoms with Crippen molar-refractivity contribution in [3.63, 3.8) is 0 Å². The van der Waals surface area contributed by atoms with E-state index in [-0.39, 0.29) is 65.0 Å². The molecular weight excluding hydrogens is 1560 g/mol. The second-order valence-electron chi connectivity index (χ2n) is 42.6. The molecule has 0 aliphatic carbocycles. The van der Waals surface area contributed by atoms with Crippen LogP contribution in [0.1, 0.15) is 325 Å². The van der Waals surface area contributed by atoms with Crippen LogP contribution in [0.2, 0.25) is 0 Å². The normalized spacial score (nSPS) is 20.0. The van der Waals surface area contributed by atoms with E-state index in [0.29, 0.717) is 0 Å². The number of anilines is 12. The van der Waals surface area contributed by atoms with E-state index in [4.69, 9.17) is 0 Å². The van der Waals surface area contributed by atoms with Crippen molar-refractivity contribution in [2.24, 2.45) is 0 Å². The molecule has 0 saturated carbocycles. The van der Waals surface area contributed by atoms with Gasteiger partial charge in [0, 0.05) is 73.9 Å². The second kappa shape index (κ2) is 23.9. The summed E-state index contributed by atoms with van der Waals surface area (Å²) in [6.07, 6.45) is 0. The largest absolute Gasteiger partial charge is 0.309 e. The predicted octanol–water partition coefficient (Wildman–Crippen LogP) is 31.5. The lowest BCUT2D eigenvalue weighted by molar-refractivity contribution is 0.565. The first-order chi connectivity index (χ1) is 55.3. The molecule has 0 amide bonds. The zero-order valence-corrected chi connectivity index (χ0v) is 78.2. The highest BCUT2D eigenvalue weighted by Crippen LogP contribution is 2.72. The van der Waals surface area contributed by atoms with Crippen LogP contribution in [0.3, 0.4) is 0 Å². The highest BCUT2D eigenvalue weighted by atomic mass is 79.9. The molecule has 6 heteroatoms. The third-order valence-corrected chi connectivity index (χ3v) is 32.7. The number of para-hydroxylation sites is 8. The predicted molar refractivity (Wildman–Crippen MR) is 506 cm³/mol. The molecule has 0 fully saturated rings. The number of aryl methyl sites for hydroxylation is 2. The van der Waals surface area contributed by atoms with E-state index in [1.165, 1.54) is 222 Å². The van der Waals surface area contributed by atoms with Crippen molar-refractivity contribution in [2.45, 2.75) is 259 Å². The van der Waals surface area contributed by atoms with Gasteiger partial charge in [-0.1, -0.05) is 393 Å². The minimum Gasteiger partial charge on any atom is -0.309 e. The van der Waals surface area contributed by atoms with Gasteiger partial charge in [0.15, 0.2) is 0 Å². The maximum Gasteiger partial charge on any atom is 0.0544 e. The molecule has 0 N–H and O–H groups in total. The average Bonchev–Trinajstić information content (AvgIpc) is 0.682. The molecule has 12 aliphatic rings. The van der Waals surface area contributed by atoms with Crippen molar-refractivity contribution in [3.05, 3.63) is 348 Å². The molecule has 12 aromatic rings. The van der Waals surface area contributed by atoms with Crippen molar-refractivity contribution in [3.8, 4) is 0 Å². The third kappa shape index (κ3) is 9.29. The van der Waals surface area contributed by atoms with Gasteiger partial charge in [0.05, 0.1) is 68.2 Å². The molecule has 12 aliphatic heterocycles. The van der Waals surface area contributed by atoms with Crippen molar-refractivity contribution < 1.29 is 0 Å². The van der Waals surface area contributed by atoms with Crippen LogP contribution in [-0.4, -0.2) is 0 Å². The molecule has 0 bridgehead atoms. The van der Waals surface area contributed by atoms with E-state index in [9.17, 15) is 0 Å².